The van der Waals surface area contributed by atoms with E-state index < -0.39 is 5.91 Å². The van der Waals surface area contributed by atoms with Crippen LogP contribution in [0.15, 0.2) is 78.9 Å². The molecule has 0 radical (unpaired) electrons. The number of benzene rings is 3. The van der Waals surface area contributed by atoms with Crippen molar-refractivity contribution in [3.05, 3.63) is 90.0 Å². The highest BCUT2D eigenvalue weighted by Crippen LogP contribution is 2.33. The molecule has 152 valence electrons. The lowest BCUT2D eigenvalue weighted by Gasteiger charge is -2.14. The number of hydrogen-bond donors (Lipinski definition) is 3. The molecule has 0 aliphatic rings. The molecule has 0 saturated carbocycles. The van der Waals surface area contributed by atoms with Gasteiger partial charge < -0.3 is 14.8 Å². The molecule has 3 aromatic carbocycles. The van der Waals surface area contributed by atoms with E-state index in [9.17, 15) is 9.59 Å². The van der Waals surface area contributed by atoms with Gasteiger partial charge in [-0.2, -0.15) is 0 Å². The van der Waals surface area contributed by atoms with Gasteiger partial charge in [-0.3, -0.25) is 14.8 Å². The number of methoxy groups -OCH3 is 1. The van der Waals surface area contributed by atoms with Crippen molar-refractivity contribution in [2.75, 3.05) is 12.4 Å². The van der Waals surface area contributed by atoms with Crippen molar-refractivity contribution in [1.29, 1.82) is 0 Å². The fourth-order valence-electron chi connectivity index (χ4n) is 2.71. The highest BCUT2D eigenvalue weighted by Gasteiger charge is 2.15. The predicted octanol–water partition coefficient (Wildman–Crippen LogP) is 4.26. The summed E-state index contributed by atoms with van der Waals surface area (Å²) in [6.45, 7) is 0. The summed E-state index contributed by atoms with van der Waals surface area (Å²) >= 11 is 0. The second-order valence-electron chi connectivity index (χ2n) is 6.10. The normalized spacial score (nSPS) is 10.5. The highest BCUT2D eigenvalue weighted by atomic mass is 16.5. The first-order chi connectivity index (χ1) is 14.6. The van der Waals surface area contributed by atoms with Crippen LogP contribution >= 0.6 is 0 Å². The van der Waals surface area contributed by atoms with Crippen molar-refractivity contribution in [1.82, 2.24) is 5.48 Å². The molecule has 0 aromatic heterocycles. The zero-order chi connectivity index (χ0) is 21.3. The third-order valence-corrected chi connectivity index (χ3v) is 4.15. The zero-order valence-corrected chi connectivity index (χ0v) is 16.2. The van der Waals surface area contributed by atoms with Gasteiger partial charge in [-0.1, -0.05) is 42.5 Å². The Morgan fingerprint density at radius 1 is 0.867 bits per heavy atom. The third-order valence-electron chi connectivity index (χ3n) is 4.15. The number of hydrogen-bond acceptors (Lipinski definition) is 5. The van der Waals surface area contributed by atoms with Gasteiger partial charge in [0.2, 0.25) is 0 Å². The average Bonchev–Trinajstić information content (AvgIpc) is 2.79. The molecule has 0 aliphatic carbocycles. The maximum Gasteiger partial charge on any atom is 0.267 e. The van der Waals surface area contributed by atoms with Crippen molar-refractivity contribution in [2.24, 2.45) is 0 Å². The number of nitrogens with one attached hydrogen (secondary N) is 2. The van der Waals surface area contributed by atoms with Crippen LogP contribution in [0, 0.1) is 0 Å². The second kappa shape index (κ2) is 9.90. The summed E-state index contributed by atoms with van der Waals surface area (Å²) in [6, 6.07) is 21.0. The van der Waals surface area contributed by atoms with E-state index in [2.05, 4.69) is 5.32 Å². The van der Waals surface area contributed by atoms with E-state index in [1.54, 1.807) is 67.8 Å². The van der Waals surface area contributed by atoms with Gasteiger partial charge >= 0.3 is 0 Å². The van der Waals surface area contributed by atoms with Crippen molar-refractivity contribution >= 4 is 23.6 Å². The predicted molar refractivity (Wildman–Crippen MR) is 113 cm³/mol. The summed E-state index contributed by atoms with van der Waals surface area (Å²) in [6.07, 6.45) is 2.64. The Balaban J connectivity index is 1.86. The standard InChI is InChI=1S/C23H20N2O5/c1-29-20-12-6-7-13-21(20)30-19-11-5-3-9-17(19)23(27)24-18-10-4-2-8-16(18)14-15-22(26)25-28/h2-15,28H,1H3,(H,24,27)(H,25,26). The molecule has 0 bridgehead atoms. The fraction of sp³-hybridized carbons (Fsp3) is 0.0435. The lowest BCUT2D eigenvalue weighted by molar-refractivity contribution is -0.124. The number of hydroxylamine groups is 1. The van der Waals surface area contributed by atoms with Crippen LogP contribution in [0.25, 0.3) is 6.08 Å². The quantitative estimate of drug-likeness (QED) is 0.311. The summed E-state index contributed by atoms with van der Waals surface area (Å²) in [4.78, 5) is 24.2. The molecule has 3 aromatic rings. The molecular formula is C23H20N2O5. The number of rotatable bonds is 7. The van der Waals surface area contributed by atoms with Gasteiger partial charge in [-0.15, -0.1) is 0 Å². The Kier molecular flexibility index (Phi) is 6.81. The van der Waals surface area contributed by atoms with E-state index in [1.807, 2.05) is 12.1 Å². The maximum atomic E-state index is 13.0. The monoisotopic (exact) mass is 404 g/mol. The molecule has 0 fully saturated rings. The smallest absolute Gasteiger partial charge is 0.267 e. The zero-order valence-electron chi connectivity index (χ0n) is 16.2. The first-order valence-corrected chi connectivity index (χ1v) is 9.05. The summed E-state index contributed by atoms with van der Waals surface area (Å²) in [5.74, 6) is 0.343. The van der Waals surface area contributed by atoms with Gasteiger partial charge in [-0.25, -0.2) is 5.48 Å². The molecule has 0 heterocycles. The van der Waals surface area contributed by atoms with Crippen molar-refractivity contribution < 1.29 is 24.3 Å². The molecule has 0 saturated heterocycles. The topological polar surface area (TPSA) is 96.9 Å². The molecule has 30 heavy (non-hydrogen) atoms. The average molecular weight is 404 g/mol. The SMILES string of the molecule is COc1ccccc1Oc1ccccc1C(=O)Nc1ccccc1C=CC(=O)NO. The molecule has 0 aliphatic heterocycles. The largest absolute Gasteiger partial charge is 0.493 e. The van der Waals surface area contributed by atoms with Crippen LogP contribution in [-0.4, -0.2) is 24.1 Å². The molecule has 0 unspecified atom stereocenters. The van der Waals surface area contributed by atoms with E-state index >= 15 is 0 Å². The number of carbonyl (C=O) groups excluding carboxylic acids is 2. The van der Waals surface area contributed by atoms with Crippen molar-refractivity contribution in [3.63, 3.8) is 0 Å². The summed E-state index contributed by atoms with van der Waals surface area (Å²) < 4.78 is 11.2. The number of amides is 2. The number of anilines is 1. The number of carbonyl (C=O) groups is 2. The number of para-hydroxylation sites is 4. The first kappa shape index (κ1) is 20.6. The van der Waals surface area contributed by atoms with Gasteiger partial charge in [0, 0.05) is 11.8 Å². The molecule has 7 nitrogen and oxygen atoms in total. The lowest BCUT2D eigenvalue weighted by Crippen LogP contribution is -2.15. The van der Waals surface area contributed by atoms with E-state index in [1.165, 1.54) is 11.6 Å². The molecule has 0 atom stereocenters. The third kappa shape index (κ3) is 5.03. The van der Waals surface area contributed by atoms with E-state index in [4.69, 9.17) is 14.7 Å². The van der Waals surface area contributed by atoms with Crippen molar-refractivity contribution in [3.8, 4) is 17.2 Å². The molecule has 3 rings (SSSR count). The first-order valence-electron chi connectivity index (χ1n) is 9.05. The Bertz CT molecular complexity index is 1080. The molecule has 3 N–H and O–H groups in total. The Labute approximate surface area is 173 Å². The summed E-state index contributed by atoms with van der Waals surface area (Å²) in [5, 5.41) is 11.4. The van der Waals surface area contributed by atoms with Gasteiger partial charge in [0.1, 0.15) is 5.75 Å². The lowest BCUT2D eigenvalue weighted by atomic mass is 10.1. The van der Waals surface area contributed by atoms with Crippen LogP contribution in [0.1, 0.15) is 15.9 Å². The van der Waals surface area contributed by atoms with Crippen LogP contribution < -0.4 is 20.3 Å². The number of ether oxygens (including phenoxy) is 2. The minimum atomic E-state index is -0.674. The Hall–Kier alpha value is -4.10. The highest BCUT2D eigenvalue weighted by molar-refractivity contribution is 6.07. The van der Waals surface area contributed by atoms with E-state index in [-0.39, 0.29) is 5.91 Å². The summed E-state index contributed by atoms with van der Waals surface area (Å²) in [5.41, 5.74) is 2.94. The van der Waals surface area contributed by atoms with E-state index in [0.29, 0.717) is 34.1 Å². The van der Waals surface area contributed by atoms with Gasteiger partial charge in [-0.05, 0) is 42.0 Å². The van der Waals surface area contributed by atoms with Gasteiger partial charge in [0.15, 0.2) is 11.5 Å². The summed E-state index contributed by atoms with van der Waals surface area (Å²) in [7, 11) is 1.54. The molecule has 0 spiro atoms. The van der Waals surface area contributed by atoms with Crippen LogP contribution in [0.4, 0.5) is 5.69 Å². The van der Waals surface area contributed by atoms with E-state index in [0.717, 1.165) is 6.08 Å². The van der Waals surface area contributed by atoms with Gasteiger partial charge in [0.25, 0.3) is 11.8 Å². The second-order valence-corrected chi connectivity index (χ2v) is 6.10. The maximum absolute atomic E-state index is 13.0. The molecular weight excluding hydrogens is 384 g/mol. The Morgan fingerprint density at radius 3 is 2.23 bits per heavy atom. The van der Waals surface area contributed by atoms with Gasteiger partial charge in [0.05, 0.1) is 12.7 Å². The van der Waals surface area contributed by atoms with Crippen LogP contribution in [0.5, 0.6) is 17.2 Å². The molecule has 7 heteroatoms. The fourth-order valence-corrected chi connectivity index (χ4v) is 2.71. The van der Waals surface area contributed by atoms with Crippen LogP contribution in [0.3, 0.4) is 0 Å². The molecule has 2 amide bonds. The minimum Gasteiger partial charge on any atom is -0.493 e. The van der Waals surface area contributed by atoms with Crippen molar-refractivity contribution in [2.45, 2.75) is 0 Å². The Morgan fingerprint density at radius 2 is 1.50 bits per heavy atom. The van der Waals surface area contributed by atoms with Crippen LogP contribution in [0.2, 0.25) is 0 Å². The van der Waals surface area contributed by atoms with Crippen LogP contribution in [-0.2, 0) is 4.79 Å². The minimum absolute atomic E-state index is 0.329.